The van der Waals surface area contributed by atoms with Crippen LogP contribution in [0.1, 0.15) is 34.3 Å². The normalized spacial score (nSPS) is 14.6. The molecule has 1 fully saturated rings. The quantitative estimate of drug-likeness (QED) is 0.747. The summed E-state index contributed by atoms with van der Waals surface area (Å²) in [7, 11) is -3.51. The zero-order valence-electron chi connectivity index (χ0n) is 15.6. The van der Waals surface area contributed by atoms with Gasteiger partial charge in [-0.3, -0.25) is 20.4 Å². The highest BCUT2D eigenvalue weighted by atomic mass is 32.2. The molecular weight excluding hydrogens is 378 g/mol. The fraction of sp³-hybridized carbons (Fsp3) is 0.300. The van der Waals surface area contributed by atoms with Gasteiger partial charge in [-0.15, -0.1) is 0 Å². The third-order valence-corrected chi connectivity index (χ3v) is 6.66. The van der Waals surface area contributed by atoms with E-state index in [-0.39, 0.29) is 22.8 Å². The van der Waals surface area contributed by atoms with Crippen molar-refractivity contribution in [2.24, 2.45) is 0 Å². The fourth-order valence-electron chi connectivity index (χ4n) is 3.08. The third-order valence-electron chi connectivity index (χ3n) is 4.75. The molecule has 2 aromatic carbocycles. The molecule has 0 radical (unpaired) electrons. The topological polar surface area (TPSA) is 95.6 Å². The Bertz CT molecular complexity index is 965. The summed E-state index contributed by atoms with van der Waals surface area (Å²) in [6.07, 6.45) is 1.88. The largest absolute Gasteiger partial charge is 0.273 e. The van der Waals surface area contributed by atoms with Crippen molar-refractivity contribution in [1.82, 2.24) is 15.2 Å². The van der Waals surface area contributed by atoms with Gasteiger partial charge in [0, 0.05) is 18.7 Å². The first-order valence-corrected chi connectivity index (χ1v) is 10.6. The predicted octanol–water partition coefficient (Wildman–Crippen LogP) is 1.78. The Kier molecular flexibility index (Phi) is 6.11. The zero-order chi connectivity index (χ0) is 20.1. The molecule has 7 nitrogen and oxygen atoms in total. The van der Waals surface area contributed by atoms with E-state index in [2.05, 4.69) is 10.9 Å². The van der Waals surface area contributed by atoms with E-state index in [1.54, 1.807) is 0 Å². The van der Waals surface area contributed by atoms with Crippen molar-refractivity contribution in [3.63, 3.8) is 0 Å². The summed E-state index contributed by atoms with van der Waals surface area (Å²) in [6.45, 7) is 2.97. The van der Waals surface area contributed by atoms with Crippen LogP contribution in [-0.4, -0.2) is 37.6 Å². The van der Waals surface area contributed by atoms with E-state index in [1.165, 1.54) is 28.6 Å². The van der Waals surface area contributed by atoms with Crippen LogP contribution < -0.4 is 10.9 Å². The summed E-state index contributed by atoms with van der Waals surface area (Å²) >= 11 is 0. The maximum Gasteiger partial charge on any atom is 0.269 e. The summed E-state index contributed by atoms with van der Waals surface area (Å²) < 4.78 is 26.5. The first-order chi connectivity index (χ1) is 13.4. The van der Waals surface area contributed by atoms with Crippen LogP contribution >= 0.6 is 0 Å². The second kappa shape index (κ2) is 8.53. The average Bonchev–Trinajstić information content (AvgIpc) is 3.24. The smallest absolute Gasteiger partial charge is 0.269 e. The van der Waals surface area contributed by atoms with E-state index >= 15 is 0 Å². The van der Waals surface area contributed by atoms with Crippen molar-refractivity contribution < 1.29 is 18.0 Å². The van der Waals surface area contributed by atoms with Gasteiger partial charge in [0.25, 0.3) is 5.91 Å². The van der Waals surface area contributed by atoms with Crippen LogP contribution in [0.4, 0.5) is 0 Å². The zero-order valence-corrected chi connectivity index (χ0v) is 16.5. The number of hydrogen-bond acceptors (Lipinski definition) is 4. The van der Waals surface area contributed by atoms with E-state index in [0.717, 1.165) is 24.0 Å². The van der Waals surface area contributed by atoms with E-state index < -0.39 is 15.9 Å². The molecule has 0 spiro atoms. The number of sulfonamides is 1. The van der Waals surface area contributed by atoms with Crippen molar-refractivity contribution in [1.29, 1.82) is 0 Å². The molecule has 0 aromatic heterocycles. The van der Waals surface area contributed by atoms with Crippen molar-refractivity contribution in [3.8, 4) is 0 Å². The highest BCUT2D eigenvalue weighted by molar-refractivity contribution is 7.89. The molecule has 148 valence electrons. The standard InChI is InChI=1S/C20H23N3O4S/c1-15-6-2-3-7-17(15)14-19(24)21-22-20(25)16-8-10-18(11-9-16)28(26,27)23-12-4-5-13-23/h2-3,6-11H,4-5,12-14H2,1H3,(H,21,24)(H,22,25). The SMILES string of the molecule is Cc1ccccc1CC(=O)NNC(=O)c1ccc(S(=O)(=O)N2CCCC2)cc1. The molecule has 1 heterocycles. The number of rotatable bonds is 5. The second-order valence-electron chi connectivity index (χ2n) is 6.74. The van der Waals surface area contributed by atoms with E-state index in [9.17, 15) is 18.0 Å². The van der Waals surface area contributed by atoms with E-state index in [4.69, 9.17) is 0 Å². The molecule has 1 saturated heterocycles. The lowest BCUT2D eigenvalue weighted by Gasteiger charge is -2.15. The molecule has 3 rings (SSSR count). The second-order valence-corrected chi connectivity index (χ2v) is 8.68. The Morgan fingerprint density at radius 2 is 1.61 bits per heavy atom. The van der Waals surface area contributed by atoms with Gasteiger partial charge >= 0.3 is 0 Å². The van der Waals surface area contributed by atoms with Gasteiger partial charge in [-0.05, 0) is 55.2 Å². The Hall–Kier alpha value is -2.71. The minimum absolute atomic E-state index is 0.153. The predicted molar refractivity (Wildman–Crippen MR) is 105 cm³/mol. The number of carbonyl (C=O) groups is 2. The molecule has 0 unspecified atom stereocenters. The van der Waals surface area contributed by atoms with Gasteiger partial charge in [0.15, 0.2) is 0 Å². The van der Waals surface area contributed by atoms with Crippen LogP contribution in [0.2, 0.25) is 0 Å². The van der Waals surface area contributed by atoms with Gasteiger partial charge in [0.2, 0.25) is 15.9 Å². The number of aryl methyl sites for hydroxylation is 1. The summed E-state index contributed by atoms with van der Waals surface area (Å²) in [4.78, 5) is 24.4. The molecular formula is C20H23N3O4S. The molecule has 0 saturated carbocycles. The molecule has 2 amide bonds. The van der Waals surface area contributed by atoms with Gasteiger partial charge in [0.05, 0.1) is 11.3 Å². The van der Waals surface area contributed by atoms with Crippen molar-refractivity contribution in [2.45, 2.75) is 31.1 Å². The van der Waals surface area contributed by atoms with Crippen molar-refractivity contribution in [2.75, 3.05) is 13.1 Å². The Morgan fingerprint density at radius 1 is 0.964 bits per heavy atom. The Labute approximate surface area is 164 Å². The molecule has 1 aliphatic heterocycles. The summed E-state index contributed by atoms with van der Waals surface area (Å²) in [5, 5.41) is 0. The van der Waals surface area contributed by atoms with Gasteiger partial charge < -0.3 is 0 Å². The molecule has 2 N–H and O–H groups in total. The average molecular weight is 401 g/mol. The first kappa shape index (κ1) is 20.0. The minimum atomic E-state index is -3.51. The highest BCUT2D eigenvalue weighted by Gasteiger charge is 2.27. The summed E-state index contributed by atoms with van der Waals surface area (Å²) in [5.41, 5.74) is 6.87. The monoisotopic (exact) mass is 401 g/mol. The number of hydrazine groups is 1. The Balaban J connectivity index is 1.57. The lowest BCUT2D eigenvalue weighted by atomic mass is 10.1. The molecule has 28 heavy (non-hydrogen) atoms. The summed E-state index contributed by atoms with van der Waals surface area (Å²) in [6, 6.07) is 13.2. The number of benzene rings is 2. The Morgan fingerprint density at radius 3 is 2.25 bits per heavy atom. The summed E-state index contributed by atoms with van der Waals surface area (Å²) in [5.74, 6) is -0.848. The van der Waals surface area contributed by atoms with Gasteiger partial charge in [0.1, 0.15) is 0 Å². The molecule has 0 aliphatic carbocycles. The van der Waals surface area contributed by atoms with Crippen LogP contribution in [0.15, 0.2) is 53.4 Å². The van der Waals surface area contributed by atoms with Crippen molar-refractivity contribution in [3.05, 3.63) is 65.2 Å². The number of nitrogens with zero attached hydrogens (tertiary/aromatic N) is 1. The fourth-order valence-corrected chi connectivity index (χ4v) is 4.60. The highest BCUT2D eigenvalue weighted by Crippen LogP contribution is 2.21. The van der Waals surface area contributed by atoms with Gasteiger partial charge in [-0.1, -0.05) is 24.3 Å². The van der Waals surface area contributed by atoms with E-state index in [0.29, 0.717) is 13.1 Å². The third kappa shape index (κ3) is 4.58. The van der Waals surface area contributed by atoms with Crippen LogP contribution in [0.25, 0.3) is 0 Å². The number of nitrogens with one attached hydrogen (secondary N) is 2. The van der Waals surface area contributed by atoms with Gasteiger partial charge in [-0.25, -0.2) is 8.42 Å². The molecule has 1 aliphatic rings. The lowest BCUT2D eigenvalue weighted by Crippen LogP contribution is -2.42. The molecule has 0 atom stereocenters. The lowest BCUT2D eigenvalue weighted by molar-refractivity contribution is -0.121. The van der Waals surface area contributed by atoms with Gasteiger partial charge in [-0.2, -0.15) is 4.31 Å². The van der Waals surface area contributed by atoms with Crippen molar-refractivity contribution >= 4 is 21.8 Å². The van der Waals surface area contributed by atoms with Crippen LogP contribution in [-0.2, 0) is 21.2 Å². The molecule has 0 bridgehead atoms. The van der Waals surface area contributed by atoms with Crippen LogP contribution in [0, 0.1) is 6.92 Å². The molecule has 8 heteroatoms. The minimum Gasteiger partial charge on any atom is -0.273 e. The van der Waals surface area contributed by atoms with Crippen LogP contribution in [0.5, 0.6) is 0 Å². The van der Waals surface area contributed by atoms with E-state index in [1.807, 2.05) is 31.2 Å². The maximum absolute atomic E-state index is 12.5. The number of hydrogen-bond donors (Lipinski definition) is 2. The number of carbonyl (C=O) groups excluding carboxylic acids is 2. The number of amides is 2. The first-order valence-electron chi connectivity index (χ1n) is 9.12. The van der Waals surface area contributed by atoms with Crippen LogP contribution in [0.3, 0.4) is 0 Å². The maximum atomic E-state index is 12.5. The molecule has 2 aromatic rings.